The van der Waals surface area contributed by atoms with Crippen LogP contribution in [0.25, 0.3) is 22.0 Å². The molecule has 26 heavy (non-hydrogen) atoms. The average molecular weight is 370 g/mol. The molecule has 0 atom stereocenters. The topological polar surface area (TPSA) is 47.1 Å². The van der Waals surface area contributed by atoms with Crippen LogP contribution >= 0.6 is 11.9 Å². The lowest BCUT2D eigenvalue weighted by atomic mass is 10.0. The number of hydrogen-bond donors (Lipinski definition) is 1. The van der Waals surface area contributed by atoms with Crippen molar-refractivity contribution in [2.24, 2.45) is 5.73 Å². The van der Waals surface area contributed by atoms with Gasteiger partial charge in [0, 0.05) is 46.0 Å². The number of nitrogens with zero attached hydrogens (tertiary/aromatic N) is 3. The Labute approximate surface area is 157 Å². The number of allylic oxidation sites excluding steroid dienone is 1. The van der Waals surface area contributed by atoms with Crippen molar-refractivity contribution in [3.8, 4) is 11.1 Å². The molecule has 1 aromatic carbocycles. The highest BCUT2D eigenvalue weighted by molar-refractivity contribution is 7.97. The maximum absolute atomic E-state index is 14.2. The van der Waals surface area contributed by atoms with Crippen molar-refractivity contribution < 1.29 is 4.39 Å². The van der Waals surface area contributed by atoms with Crippen LogP contribution in [-0.4, -0.2) is 34.5 Å². The highest BCUT2D eigenvalue weighted by Gasteiger charge is 2.17. The zero-order chi connectivity index (χ0) is 18.7. The molecule has 6 heteroatoms. The van der Waals surface area contributed by atoms with E-state index in [4.69, 9.17) is 5.73 Å². The molecule has 0 aliphatic carbocycles. The lowest BCUT2D eigenvalue weighted by molar-refractivity contribution is 0.555. The Morgan fingerprint density at radius 2 is 2.00 bits per heavy atom. The van der Waals surface area contributed by atoms with Gasteiger partial charge in [0.1, 0.15) is 5.83 Å². The fourth-order valence-electron chi connectivity index (χ4n) is 3.16. The maximum atomic E-state index is 14.2. The van der Waals surface area contributed by atoms with Crippen LogP contribution in [0.2, 0.25) is 0 Å². The monoisotopic (exact) mass is 370 g/mol. The lowest BCUT2D eigenvalue weighted by Gasteiger charge is -2.09. The van der Waals surface area contributed by atoms with Gasteiger partial charge in [-0.1, -0.05) is 0 Å². The predicted octanol–water partition coefficient (Wildman–Crippen LogP) is 4.39. The van der Waals surface area contributed by atoms with Gasteiger partial charge in [0.2, 0.25) is 0 Å². The van der Waals surface area contributed by atoms with E-state index in [2.05, 4.69) is 27.5 Å². The number of halogens is 1. The molecule has 0 unspecified atom stereocenters. The van der Waals surface area contributed by atoms with Crippen molar-refractivity contribution in [3.05, 3.63) is 60.3 Å². The largest absolute Gasteiger partial charge is 0.337 e. The van der Waals surface area contributed by atoms with Gasteiger partial charge in [-0.2, -0.15) is 0 Å². The molecule has 0 saturated carbocycles. The summed E-state index contributed by atoms with van der Waals surface area (Å²) in [6.07, 6.45) is 4.99. The van der Waals surface area contributed by atoms with Crippen LogP contribution in [0.3, 0.4) is 0 Å². The maximum Gasteiger partial charge on any atom is 0.117 e. The third-order valence-corrected chi connectivity index (χ3v) is 5.03. The summed E-state index contributed by atoms with van der Waals surface area (Å²) in [5.74, 6) is -0.222. The van der Waals surface area contributed by atoms with Gasteiger partial charge in [-0.15, -0.1) is 0 Å². The van der Waals surface area contributed by atoms with E-state index in [9.17, 15) is 4.39 Å². The standard InChI is InChI=1S/C20H23FN4S/c1-14-20(15-7-10-23-11-8-15)18-12-17(26-24(2)3)4-5-19(18)25(14)13-16(21)6-9-22/h4-8,10-12H,9,13,22H2,1-3H3/b16-6-. The summed E-state index contributed by atoms with van der Waals surface area (Å²) in [5, 5.41) is 1.11. The molecule has 0 aliphatic heterocycles. The van der Waals surface area contributed by atoms with E-state index in [1.54, 1.807) is 24.3 Å². The highest BCUT2D eigenvalue weighted by atomic mass is 32.2. The molecular formula is C20H23FN4S. The second-order valence-corrected chi connectivity index (χ2v) is 7.64. The normalized spacial score (nSPS) is 12.3. The molecule has 0 spiro atoms. The second-order valence-electron chi connectivity index (χ2n) is 6.25. The molecule has 136 valence electrons. The molecule has 0 saturated heterocycles. The molecule has 4 nitrogen and oxygen atoms in total. The summed E-state index contributed by atoms with van der Waals surface area (Å²) in [5.41, 5.74) is 9.69. The first-order valence-electron chi connectivity index (χ1n) is 8.44. The summed E-state index contributed by atoms with van der Waals surface area (Å²) in [6.45, 7) is 2.42. The van der Waals surface area contributed by atoms with Crippen LogP contribution in [0.5, 0.6) is 0 Å². The van der Waals surface area contributed by atoms with E-state index in [-0.39, 0.29) is 18.9 Å². The van der Waals surface area contributed by atoms with E-state index in [1.165, 1.54) is 6.08 Å². The van der Waals surface area contributed by atoms with Crippen molar-refractivity contribution in [3.63, 3.8) is 0 Å². The third kappa shape index (κ3) is 3.82. The minimum Gasteiger partial charge on any atom is -0.337 e. The predicted molar refractivity (Wildman–Crippen MR) is 108 cm³/mol. The Kier molecular flexibility index (Phi) is 5.76. The fraction of sp³-hybridized carbons (Fsp3) is 0.250. The number of fused-ring (bicyclic) bond motifs is 1. The number of benzene rings is 1. The van der Waals surface area contributed by atoms with Gasteiger partial charge in [0.25, 0.3) is 0 Å². The van der Waals surface area contributed by atoms with Gasteiger partial charge in [-0.3, -0.25) is 9.29 Å². The summed E-state index contributed by atoms with van der Waals surface area (Å²) in [4.78, 5) is 5.26. The highest BCUT2D eigenvalue weighted by Crippen LogP contribution is 2.37. The Morgan fingerprint density at radius 1 is 1.27 bits per heavy atom. The van der Waals surface area contributed by atoms with E-state index in [1.807, 2.05) is 37.7 Å². The van der Waals surface area contributed by atoms with Crippen LogP contribution in [0.4, 0.5) is 4.39 Å². The van der Waals surface area contributed by atoms with Crippen molar-refractivity contribution in [2.75, 3.05) is 20.6 Å². The SMILES string of the molecule is Cc1c(-c2ccncc2)c2cc(SN(C)C)ccc2n1C/C(F)=C/CN. The zero-order valence-electron chi connectivity index (χ0n) is 15.2. The summed E-state index contributed by atoms with van der Waals surface area (Å²) in [7, 11) is 4.03. The minimum atomic E-state index is -0.222. The van der Waals surface area contributed by atoms with E-state index < -0.39 is 0 Å². The third-order valence-electron chi connectivity index (χ3n) is 4.20. The Morgan fingerprint density at radius 3 is 2.65 bits per heavy atom. The average Bonchev–Trinajstić information content (AvgIpc) is 2.87. The molecule has 0 fully saturated rings. The van der Waals surface area contributed by atoms with Gasteiger partial charge in [0.15, 0.2) is 0 Å². The summed E-state index contributed by atoms with van der Waals surface area (Å²) >= 11 is 1.66. The molecule has 0 radical (unpaired) electrons. The smallest absolute Gasteiger partial charge is 0.117 e. The first-order chi connectivity index (χ1) is 12.5. The molecular weight excluding hydrogens is 347 g/mol. The molecule has 0 amide bonds. The molecule has 0 aliphatic rings. The van der Waals surface area contributed by atoms with E-state index in [0.29, 0.717) is 0 Å². The Bertz CT molecular complexity index is 932. The number of rotatable bonds is 6. The quantitative estimate of drug-likeness (QED) is 0.654. The lowest BCUT2D eigenvalue weighted by Crippen LogP contribution is -2.03. The van der Waals surface area contributed by atoms with Gasteiger partial charge in [0.05, 0.1) is 6.54 Å². The van der Waals surface area contributed by atoms with Crippen molar-refractivity contribution >= 4 is 22.9 Å². The van der Waals surface area contributed by atoms with Crippen LogP contribution < -0.4 is 5.73 Å². The number of nitrogens with two attached hydrogens (primary N) is 1. The van der Waals surface area contributed by atoms with E-state index in [0.717, 1.165) is 32.6 Å². The first-order valence-corrected chi connectivity index (χ1v) is 9.21. The molecule has 0 bridgehead atoms. The van der Waals surface area contributed by atoms with Crippen LogP contribution in [0, 0.1) is 6.92 Å². The molecule has 3 rings (SSSR count). The zero-order valence-corrected chi connectivity index (χ0v) is 16.1. The summed E-state index contributed by atoms with van der Waals surface area (Å²) < 4.78 is 18.3. The molecule has 2 heterocycles. The Balaban J connectivity index is 2.22. The number of pyridine rings is 1. The van der Waals surface area contributed by atoms with Crippen molar-refractivity contribution in [2.45, 2.75) is 18.4 Å². The van der Waals surface area contributed by atoms with Crippen LogP contribution in [-0.2, 0) is 6.54 Å². The molecule has 3 aromatic rings. The minimum absolute atomic E-state index is 0.185. The fourth-order valence-corrected chi connectivity index (χ4v) is 3.88. The van der Waals surface area contributed by atoms with Gasteiger partial charge < -0.3 is 10.3 Å². The summed E-state index contributed by atoms with van der Waals surface area (Å²) in [6, 6.07) is 10.3. The van der Waals surface area contributed by atoms with Gasteiger partial charge in [-0.05, 0) is 74.9 Å². The van der Waals surface area contributed by atoms with Crippen LogP contribution in [0.1, 0.15) is 5.69 Å². The Hall–Kier alpha value is -2.15. The van der Waals surface area contributed by atoms with Gasteiger partial charge in [-0.25, -0.2) is 4.39 Å². The molecule has 2 aromatic heterocycles. The number of hydrogen-bond acceptors (Lipinski definition) is 4. The van der Waals surface area contributed by atoms with Crippen LogP contribution in [0.15, 0.2) is 59.5 Å². The first kappa shape index (κ1) is 18.6. The van der Waals surface area contributed by atoms with Crippen molar-refractivity contribution in [1.82, 2.24) is 13.9 Å². The second kappa shape index (κ2) is 8.03. The van der Waals surface area contributed by atoms with Gasteiger partial charge >= 0.3 is 0 Å². The van der Waals surface area contributed by atoms with Crippen molar-refractivity contribution in [1.29, 1.82) is 0 Å². The number of aromatic nitrogens is 2. The molecule has 2 N–H and O–H groups in total. The van der Waals surface area contributed by atoms with E-state index >= 15 is 0 Å².